The van der Waals surface area contributed by atoms with Gasteiger partial charge in [-0.1, -0.05) is 12.1 Å². The van der Waals surface area contributed by atoms with E-state index < -0.39 is 15.8 Å². The van der Waals surface area contributed by atoms with Crippen LogP contribution in [-0.2, 0) is 16.4 Å². The fourth-order valence-electron chi connectivity index (χ4n) is 1.83. The van der Waals surface area contributed by atoms with Gasteiger partial charge in [-0.05, 0) is 42.3 Å². The van der Waals surface area contributed by atoms with E-state index in [1.807, 2.05) is 0 Å². The molecular formula is C14H15FN2O3S. The predicted molar refractivity (Wildman–Crippen MR) is 77.8 cm³/mol. The number of nitrogen functional groups attached to an aromatic ring is 1. The Balaban J connectivity index is 2.03. The van der Waals surface area contributed by atoms with Gasteiger partial charge in [-0.2, -0.15) is 0 Å². The van der Waals surface area contributed by atoms with Gasteiger partial charge in [0.2, 0.25) is 10.0 Å². The second kappa shape index (κ2) is 6.11. The molecule has 0 radical (unpaired) electrons. The Hall–Kier alpha value is -2.12. The summed E-state index contributed by atoms with van der Waals surface area (Å²) < 4.78 is 39.4. The fourth-order valence-corrected chi connectivity index (χ4v) is 2.98. The zero-order valence-electron chi connectivity index (χ0n) is 11.1. The third-order valence-electron chi connectivity index (χ3n) is 2.90. The first-order valence-electron chi connectivity index (χ1n) is 6.21. The summed E-state index contributed by atoms with van der Waals surface area (Å²) in [5.41, 5.74) is 6.27. The van der Waals surface area contributed by atoms with Crippen molar-refractivity contribution in [3.05, 3.63) is 53.8 Å². The maximum atomic E-state index is 12.9. The van der Waals surface area contributed by atoms with E-state index in [4.69, 9.17) is 10.8 Å². The normalized spacial score (nSPS) is 11.5. The Morgan fingerprint density at radius 1 is 1.14 bits per heavy atom. The summed E-state index contributed by atoms with van der Waals surface area (Å²) in [5.74, 6) is -0.436. The van der Waals surface area contributed by atoms with Gasteiger partial charge in [-0.3, -0.25) is 0 Å². The molecule has 21 heavy (non-hydrogen) atoms. The van der Waals surface area contributed by atoms with Crippen molar-refractivity contribution >= 4 is 15.7 Å². The van der Waals surface area contributed by atoms with Crippen LogP contribution in [0.5, 0.6) is 5.75 Å². The second-order valence-electron chi connectivity index (χ2n) is 4.50. The minimum absolute atomic E-state index is 0.132. The zero-order chi connectivity index (χ0) is 15.5. The molecule has 2 aromatic carbocycles. The van der Waals surface area contributed by atoms with Crippen molar-refractivity contribution in [3.63, 3.8) is 0 Å². The Bertz CT molecular complexity index is 730. The topological polar surface area (TPSA) is 92.4 Å². The van der Waals surface area contributed by atoms with Gasteiger partial charge in [0, 0.05) is 6.54 Å². The molecule has 0 saturated heterocycles. The van der Waals surface area contributed by atoms with Crippen molar-refractivity contribution in [2.45, 2.75) is 11.3 Å². The molecule has 0 saturated carbocycles. The molecule has 0 aromatic heterocycles. The average molecular weight is 310 g/mol. The quantitative estimate of drug-likeness (QED) is 0.732. The summed E-state index contributed by atoms with van der Waals surface area (Å²) in [6.07, 6.45) is 0.459. The van der Waals surface area contributed by atoms with Gasteiger partial charge in [0.05, 0.1) is 5.69 Å². The molecule has 0 aliphatic rings. The molecule has 5 nitrogen and oxygen atoms in total. The standard InChI is InChI=1S/C14H15FN2O3S/c15-11-3-6-14(13(16)9-11)21(19,20)17-8-7-10-1-4-12(18)5-2-10/h1-6,9,17-18H,7-8,16H2. The highest BCUT2D eigenvalue weighted by Gasteiger charge is 2.17. The summed E-state index contributed by atoms with van der Waals surface area (Å²) in [4.78, 5) is -0.144. The first-order chi connectivity index (χ1) is 9.88. The summed E-state index contributed by atoms with van der Waals surface area (Å²) in [5, 5.41) is 9.16. The van der Waals surface area contributed by atoms with E-state index in [2.05, 4.69) is 4.72 Å². The first-order valence-corrected chi connectivity index (χ1v) is 7.69. The predicted octanol–water partition coefficient (Wildman–Crippen LogP) is 1.63. The molecule has 0 bridgehead atoms. The number of sulfonamides is 1. The minimum Gasteiger partial charge on any atom is -0.508 e. The largest absolute Gasteiger partial charge is 0.508 e. The Morgan fingerprint density at radius 3 is 2.43 bits per heavy atom. The molecule has 2 rings (SSSR count). The van der Waals surface area contributed by atoms with Crippen molar-refractivity contribution in [1.29, 1.82) is 0 Å². The maximum Gasteiger partial charge on any atom is 0.242 e. The Kier molecular flexibility index (Phi) is 4.44. The highest BCUT2D eigenvalue weighted by atomic mass is 32.2. The van der Waals surface area contributed by atoms with E-state index in [9.17, 15) is 12.8 Å². The van der Waals surface area contributed by atoms with Crippen LogP contribution in [0, 0.1) is 5.82 Å². The molecule has 0 unspecified atom stereocenters. The van der Waals surface area contributed by atoms with Gasteiger partial charge < -0.3 is 10.8 Å². The summed E-state index contributed by atoms with van der Waals surface area (Å²) in [7, 11) is -3.78. The van der Waals surface area contributed by atoms with Crippen molar-refractivity contribution in [2.75, 3.05) is 12.3 Å². The number of hydrogen-bond donors (Lipinski definition) is 3. The number of anilines is 1. The van der Waals surface area contributed by atoms with Gasteiger partial charge in [-0.15, -0.1) is 0 Å². The Labute approximate surface area is 122 Å². The molecule has 0 spiro atoms. The highest BCUT2D eigenvalue weighted by Crippen LogP contribution is 2.19. The molecule has 4 N–H and O–H groups in total. The number of rotatable bonds is 5. The SMILES string of the molecule is Nc1cc(F)ccc1S(=O)(=O)NCCc1ccc(O)cc1. The van der Waals surface area contributed by atoms with Gasteiger partial charge in [0.1, 0.15) is 16.5 Å². The number of nitrogens with two attached hydrogens (primary N) is 1. The molecule has 2 aromatic rings. The summed E-state index contributed by atoms with van der Waals surface area (Å²) in [6, 6.07) is 9.61. The lowest BCUT2D eigenvalue weighted by atomic mass is 10.1. The van der Waals surface area contributed by atoms with Crippen LogP contribution in [0.25, 0.3) is 0 Å². The van der Waals surface area contributed by atoms with Crippen LogP contribution in [0.3, 0.4) is 0 Å². The number of nitrogens with one attached hydrogen (secondary N) is 1. The molecule has 7 heteroatoms. The van der Waals surface area contributed by atoms with Crippen molar-refractivity contribution in [1.82, 2.24) is 4.72 Å². The highest BCUT2D eigenvalue weighted by molar-refractivity contribution is 7.89. The van der Waals surface area contributed by atoms with Crippen molar-refractivity contribution in [2.24, 2.45) is 0 Å². The van der Waals surface area contributed by atoms with E-state index in [-0.39, 0.29) is 22.9 Å². The van der Waals surface area contributed by atoms with Gasteiger partial charge in [0.15, 0.2) is 0 Å². The zero-order valence-corrected chi connectivity index (χ0v) is 11.9. The van der Waals surface area contributed by atoms with E-state index in [0.717, 1.165) is 23.8 Å². The van der Waals surface area contributed by atoms with Crippen LogP contribution in [0.1, 0.15) is 5.56 Å². The lowest BCUT2D eigenvalue weighted by Gasteiger charge is -2.09. The van der Waals surface area contributed by atoms with E-state index in [1.54, 1.807) is 12.1 Å². The van der Waals surface area contributed by atoms with E-state index in [1.165, 1.54) is 12.1 Å². The lowest BCUT2D eigenvalue weighted by molar-refractivity contribution is 0.475. The van der Waals surface area contributed by atoms with Crippen LogP contribution in [0.4, 0.5) is 10.1 Å². The van der Waals surface area contributed by atoms with Crippen LogP contribution < -0.4 is 10.5 Å². The summed E-state index contributed by atoms with van der Waals surface area (Å²) in [6.45, 7) is 0.171. The number of phenolic OH excluding ortho intramolecular Hbond substituents is 1. The number of phenols is 1. The molecule has 0 heterocycles. The van der Waals surface area contributed by atoms with Crippen molar-refractivity contribution in [3.8, 4) is 5.75 Å². The Morgan fingerprint density at radius 2 is 1.81 bits per heavy atom. The third kappa shape index (κ3) is 3.93. The fraction of sp³-hybridized carbons (Fsp3) is 0.143. The minimum atomic E-state index is -3.78. The molecule has 0 aliphatic carbocycles. The molecule has 0 amide bonds. The van der Waals surface area contributed by atoms with E-state index >= 15 is 0 Å². The first kappa shape index (κ1) is 15.3. The molecular weight excluding hydrogens is 295 g/mol. The maximum absolute atomic E-state index is 12.9. The number of benzene rings is 2. The number of hydrogen-bond acceptors (Lipinski definition) is 4. The van der Waals surface area contributed by atoms with Crippen LogP contribution in [0.2, 0.25) is 0 Å². The van der Waals surface area contributed by atoms with Gasteiger partial charge in [-0.25, -0.2) is 17.5 Å². The van der Waals surface area contributed by atoms with Crippen LogP contribution >= 0.6 is 0 Å². The average Bonchev–Trinajstić information content (AvgIpc) is 2.40. The molecule has 0 atom stereocenters. The third-order valence-corrected chi connectivity index (χ3v) is 4.44. The monoisotopic (exact) mass is 310 g/mol. The van der Waals surface area contributed by atoms with Gasteiger partial charge in [0.25, 0.3) is 0 Å². The van der Waals surface area contributed by atoms with Gasteiger partial charge >= 0.3 is 0 Å². The second-order valence-corrected chi connectivity index (χ2v) is 6.23. The van der Waals surface area contributed by atoms with Crippen molar-refractivity contribution < 1.29 is 17.9 Å². The molecule has 0 aliphatic heterocycles. The lowest BCUT2D eigenvalue weighted by Crippen LogP contribution is -2.26. The number of halogens is 1. The van der Waals surface area contributed by atoms with Crippen LogP contribution in [0.15, 0.2) is 47.4 Å². The molecule has 0 fully saturated rings. The molecule has 112 valence electrons. The smallest absolute Gasteiger partial charge is 0.242 e. The summed E-state index contributed by atoms with van der Waals surface area (Å²) >= 11 is 0. The van der Waals surface area contributed by atoms with Crippen LogP contribution in [-0.4, -0.2) is 20.1 Å². The van der Waals surface area contributed by atoms with E-state index in [0.29, 0.717) is 6.42 Å². The number of aromatic hydroxyl groups is 1.